The summed E-state index contributed by atoms with van der Waals surface area (Å²) in [4.78, 5) is 17.3. The minimum absolute atomic E-state index is 0.0569. The van der Waals surface area contributed by atoms with E-state index in [2.05, 4.69) is 10.1 Å². The van der Waals surface area contributed by atoms with Crippen LogP contribution < -0.4 is 15.1 Å². The number of aromatic nitrogens is 1. The molecule has 0 aliphatic rings. The molecule has 0 saturated carbocycles. The molecule has 208 valence electrons. The molecule has 5 aromatic rings. The number of pyridine rings is 1. The largest absolute Gasteiger partial charge is 0.477 e. The maximum absolute atomic E-state index is 13.8. The van der Waals surface area contributed by atoms with Gasteiger partial charge in [0.15, 0.2) is 0 Å². The molecule has 0 aliphatic carbocycles. The quantitative estimate of drug-likeness (QED) is 0.161. The van der Waals surface area contributed by atoms with Crippen molar-refractivity contribution in [2.45, 2.75) is 20.5 Å². The molecule has 0 bridgehead atoms. The van der Waals surface area contributed by atoms with Gasteiger partial charge in [0.25, 0.3) is 0 Å². The van der Waals surface area contributed by atoms with Gasteiger partial charge in [-0.1, -0.05) is 72.3 Å². The van der Waals surface area contributed by atoms with Gasteiger partial charge in [-0.2, -0.15) is 0 Å². The summed E-state index contributed by atoms with van der Waals surface area (Å²) in [5, 5.41) is 13.3. The average molecular weight is 585 g/mol. The number of hydrogen-bond acceptors (Lipinski definition) is 6. The van der Waals surface area contributed by atoms with E-state index in [1.165, 1.54) is 7.11 Å². The van der Waals surface area contributed by atoms with Crippen LogP contribution in [0.4, 0.5) is 5.69 Å². The maximum atomic E-state index is 13.8. The molecule has 0 amide bonds. The standard InChI is InChI=1S/C32H29N2O5PS/c1-21-9-15-28(22(2)17-21)40(37,38-3)34-27-18-29(41-31(27)32(35)36)25-12-10-24(11-13-25)26-14-16-30(33-19-26)39-20-23-7-5-4-6-8-23/h4-19H,20H2,1-3H3,(H,34,37)(H,35,36). The van der Waals surface area contributed by atoms with Crippen molar-refractivity contribution in [3.05, 3.63) is 119 Å². The number of carboxylic acid groups (broad SMARTS) is 1. The highest BCUT2D eigenvalue weighted by molar-refractivity contribution is 7.68. The van der Waals surface area contributed by atoms with Crippen LogP contribution in [0, 0.1) is 13.8 Å². The Morgan fingerprint density at radius 2 is 1.63 bits per heavy atom. The number of rotatable bonds is 10. The maximum Gasteiger partial charge on any atom is 0.348 e. The lowest BCUT2D eigenvalue weighted by Gasteiger charge is -2.20. The van der Waals surface area contributed by atoms with Crippen molar-refractivity contribution >= 4 is 35.8 Å². The number of benzene rings is 3. The van der Waals surface area contributed by atoms with Crippen LogP contribution in [0.15, 0.2) is 97.2 Å². The molecule has 0 saturated heterocycles. The molecule has 0 fully saturated rings. The fraction of sp³-hybridized carbons (Fsp3) is 0.125. The fourth-order valence-electron chi connectivity index (χ4n) is 4.47. The van der Waals surface area contributed by atoms with E-state index < -0.39 is 13.5 Å². The lowest BCUT2D eigenvalue weighted by molar-refractivity contribution is 0.0703. The van der Waals surface area contributed by atoms with Crippen molar-refractivity contribution in [3.8, 4) is 27.4 Å². The van der Waals surface area contributed by atoms with Gasteiger partial charge in [0.05, 0.1) is 11.0 Å². The van der Waals surface area contributed by atoms with Gasteiger partial charge < -0.3 is 19.5 Å². The number of aromatic carboxylic acids is 1. The van der Waals surface area contributed by atoms with E-state index in [-0.39, 0.29) is 10.6 Å². The van der Waals surface area contributed by atoms with Crippen LogP contribution in [-0.2, 0) is 15.7 Å². The molecule has 2 N–H and O–H groups in total. The van der Waals surface area contributed by atoms with E-state index in [1.54, 1.807) is 18.3 Å². The van der Waals surface area contributed by atoms with Crippen molar-refractivity contribution < 1.29 is 23.7 Å². The van der Waals surface area contributed by atoms with E-state index in [1.807, 2.05) is 92.7 Å². The van der Waals surface area contributed by atoms with Gasteiger partial charge >= 0.3 is 13.5 Å². The molecule has 41 heavy (non-hydrogen) atoms. The van der Waals surface area contributed by atoms with Crippen LogP contribution in [-0.4, -0.2) is 23.2 Å². The number of ether oxygens (including phenoxy) is 1. The lowest BCUT2D eigenvalue weighted by atomic mass is 10.1. The minimum atomic E-state index is -3.58. The third-order valence-corrected chi connectivity index (χ3v) is 9.95. The molecular weight excluding hydrogens is 555 g/mol. The topological polar surface area (TPSA) is 97.8 Å². The van der Waals surface area contributed by atoms with Crippen LogP contribution in [0.2, 0.25) is 0 Å². The van der Waals surface area contributed by atoms with Gasteiger partial charge in [0, 0.05) is 29.8 Å². The second-order valence-electron chi connectivity index (χ2n) is 9.53. The van der Waals surface area contributed by atoms with Crippen molar-refractivity contribution in [1.82, 2.24) is 4.98 Å². The molecule has 5 rings (SSSR count). The summed E-state index contributed by atoms with van der Waals surface area (Å²) >= 11 is 1.11. The van der Waals surface area contributed by atoms with E-state index in [4.69, 9.17) is 9.26 Å². The Morgan fingerprint density at radius 3 is 2.27 bits per heavy atom. The monoisotopic (exact) mass is 584 g/mol. The summed E-state index contributed by atoms with van der Waals surface area (Å²) < 4.78 is 25.0. The van der Waals surface area contributed by atoms with E-state index in [0.717, 1.165) is 49.6 Å². The number of thiophene rings is 1. The SMILES string of the molecule is COP(=O)(Nc1cc(-c2ccc(-c3ccc(OCc4ccccc4)nc3)cc2)sc1C(=O)O)c1ccc(C)cc1C. The van der Waals surface area contributed by atoms with Gasteiger partial charge in [-0.25, -0.2) is 9.78 Å². The first-order chi connectivity index (χ1) is 19.8. The molecule has 7 nitrogen and oxygen atoms in total. The number of aryl methyl sites for hydroxylation is 2. The van der Waals surface area contributed by atoms with E-state index in [9.17, 15) is 14.5 Å². The first-order valence-electron chi connectivity index (χ1n) is 12.9. The van der Waals surface area contributed by atoms with Crippen molar-refractivity contribution in [2.24, 2.45) is 0 Å². The van der Waals surface area contributed by atoms with Gasteiger partial charge in [0.1, 0.15) is 11.5 Å². The molecule has 1 atom stereocenters. The van der Waals surface area contributed by atoms with Gasteiger partial charge in [-0.3, -0.25) is 4.57 Å². The number of nitrogens with one attached hydrogen (secondary N) is 1. The number of nitrogens with zero attached hydrogens (tertiary/aromatic N) is 1. The predicted octanol–water partition coefficient (Wildman–Crippen LogP) is 7.95. The summed E-state index contributed by atoms with van der Waals surface area (Å²) in [6.07, 6.45) is 1.76. The first kappa shape index (κ1) is 28.3. The highest BCUT2D eigenvalue weighted by Crippen LogP contribution is 2.48. The van der Waals surface area contributed by atoms with Crippen LogP contribution in [0.1, 0.15) is 26.4 Å². The van der Waals surface area contributed by atoms with Crippen LogP contribution in [0.5, 0.6) is 5.88 Å². The first-order valence-corrected chi connectivity index (χ1v) is 15.3. The molecule has 0 aliphatic heterocycles. The summed E-state index contributed by atoms with van der Waals surface area (Å²) in [5.74, 6) is -0.562. The number of hydrogen-bond donors (Lipinski definition) is 2. The van der Waals surface area contributed by atoms with Crippen molar-refractivity contribution in [2.75, 3.05) is 12.2 Å². The second kappa shape index (κ2) is 12.1. The Kier molecular flexibility index (Phi) is 8.36. The average Bonchev–Trinajstić information content (AvgIpc) is 3.40. The normalized spacial score (nSPS) is 12.5. The lowest BCUT2D eigenvalue weighted by Crippen LogP contribution is -2.17. The predicted molar refractivity (Wildman–Crippen MR) is 165 cm³/mol. The number of carbonyl (C=O) groups is 1. The Balaban J connectivity index is 1.35. The third-order valence-electron chi connectivity index (χ3n) is 6.59. The van der Waals surface area contributed by atoms with Gasteiger partial charge in [-0.05, 0) is 54.3 Å². The molecule has 0 spiro atoms. The molecule has 0 radical (unpaired) electrons. The molecule has 2 heterocycles. The summed E-state index contributed by atoms with van der Waals surface area (Å²) in [6.45, 7) is 4.26. The fourth-order valence-corrected chi connectivity index (χ4v) is 7.20. The zero-order valence-corrected chi connectivity index (χ0v) is 24.5. The number of carboxylic acids is 1. The van der Waals surface area contributed by atoms with Gasteiger partial charge in [-0.15, -0.1) is 11.3 Å². The summed E-state index contributed by atoms with van der Waals surface area (Å²) in [7, 11) is -2.22. The highest BCUT2D eigenvalue weighted by atomic mass is 32.1. The van der Waals surface area contributed by atoms with Crippen molar-refractivity contribution in [1.29, 1.82) is 0 Å². The zero-order chi connectivity index (χ0) is 29.0. The van der Waals surface area contributed by atoms with E-state index >= 15 is 0 Å². The molecular formula is C32H29N2O5PS. The zero-order valence-electron chi connectivity index (χ0n) is 22.8. The molecule has 1 unspecified atom stereocenters. The summed E-state index contributed by atoms with van der Waals surface area (Å²) in [5.41, 5.74) is 5.88. The Hall–Kier alpha value is -4.23. The van der Waals surface area contributed by atoms with Gasteiger partial charge in [0.2, 0.25) is 5.88 Å². The minimum Gasteiger partial charge on any atom is -0.477 e. The third kappa shape index (κ3) is 6.41. The summed E-state index contributed by atoms with van der Waals surface area (Å²) in [6, 6.07) is 28.7. The molecule has 9 heteroatoms. The Morgan fingerprint density at radius 1 is 0.927 bits per heavy atom. The van der Waals surface area contributed by atoms with Crippen LogP contribution >= 0.6 is 18.9 Å². The van der Waals surface area contributed by atoms with Crippen LogP contribution in [0.3, 0.4) is 0 Å². The smallest absolute Gasteiger partial charge is 0.348 e. The van der Waals surface area contributed by atoms with E-state index in [0.29, 0.717) is 17.8 Å². The van der Waals surface area contributed by atoms with Crippen molar-refractivity contribution in [3.63, 3.8) is 0 Å². The number of anilines is 1. The Bertz CT molecular complexity index is 1720. The molecule has 2 aromatic heterocycles. The Labute approximate surface area is 243 Å². The highest BCUT2D eigenvalue weighted by Gasteiger charge is 2.30. The second-order valence-corrected chi connectivity index (χ2v) is 12.8. The van der Waals surface area contributed by atoms with Crippen LogP contribution in [0.25, 0.3) is 21.6 Å². The molecule has 3 aromatic carbocycles.